The number of benzene rings is 2. The standard InChI is InChI=1S/C15H12BrN3S/c16-14-18-19-15(20-14)17-13-9-5-4-8-12(13)10-11-6-2-1-3-7-11/h1-9H,10H2,(H,17,19). The molecule has 2 aromatic carbocycles. The average molecular weight is 346 g/mol. The lowest BCUT2D eigenvalue weighted by molar-refractivity contribution is 1.07. The van der Waals surface area contributed by atoms with E-state index in [1.807, 2.05) is 12.1 Å². The fourth-order valence-corrected chi connectivity index (χ4v) is 3.01. The van der Waals surface area contributed by atoms with Gasteiger partial charge in [0.15, 0.2) is 3.92 Å². The molecule has 0 saturated carbocycles. The third-order valence-corrected chi connectivity index (χ3v) is 4.17. The van der Waals surface area contributed by atoms with E-state index in [0.717, 1.165) is 21.2 Å². The van der Waals surface area contributed by atoms with Gasteiger partial charge >= 0.3 is 0 Å². The van der Waals surface area contributed by atoms with E-state index in [-0.39, 0.29) is 0 Å². The summed E-state index contributed by atoms with van der Waals surface area (Å²) < 4.78 is 0.778. The number of nitrogens with zero attached hydrogens (tertiary/aromatic N) is 2. The molecule has 0 atom stereocenters. The van der Waals surface area contributed by atoms with E-state index < -0.39 is 0 Å². The Morgan fingerprint density at radius 1 is 0.950 bits per heavy atom. The predicted octanol–water partition coefficient (Wildman–Crippen LogP) is 4.64. The van der Waals surface area contributed by atoms with Crippen molar-refractivity contribution in [2.45, 2.75) is 6.42 Å². The van der Waals surface area contributed by atoms with Crippen LogP contribution in [0.4, 0.5) is 10.8 Å². The molecule has 0 radical (unpaired) electrons. The minimum atomic E-state index is 0.778. The van der Waals surface area contributed by atoms with Gasteiger partial charge in [-0.25, -0.2) is 0 Å². The highest BCUT2D eigenvalue weighted by Crippen LogP contribution is 2.27. The summed E-state index contributed by atoms with van der Waals surface area (Å²) in [7, 11) is 0. The van der Waals surface area contributed by atoms with Gasteiger partial charge in [-0.3, -0.25) is 0 Å². The molecule has 1 aromatic heterocycles. The topological polar surface area (TPSA) is 37.8 Å². The lowest BCUT2D eigenvalue weighted by Gasteiger charge is -2.09. The molecule has 5 heteroatoms. The summed E-state index contributed by atoms with van der Waals surface area (Å²) in [5.74, 6) is 0. The summed E-state index contributed by atoms with van der Waals surface area (Å²) in [5, 5.41) is 12.1. The van der Waals surface area contributed by atoms with Crippen LogP contribution in [0.2, 0.25) is 0 Å². The van der Waals surface area contributed by atoms with E-state index >= 15 is 0 Å². The van der Waals surface area contributed by atoms with Crippen LogP contribution < -0.4 is 5.32 Å². The predicted molar refractivity (Wildman–Crippen MR) is 86.6 cm³/mol. The van der Waals surface area contributed by atoms with E-state index in [1.54, 1.807) is 0 Å². The van der Waals surface area contributed by atoms with Crippen molar-refractivity contribution < 1.29 is 0 Å². The summed E-state index contributed by atoms with van der Waals surface area (Å²) in [6, 6.07) is 18.7. The monoisotopic (exact) mass is 345 g/mol. The highest BCUT2D eigenvalue weighted by atomic mass is 79.9. The van der Waals surface area contributed by atoms with Crippen molar-refractivity contribution in [2.75, 3.05) is 5.32 Å². The zero-order valence-corrected chi connectivity index (χ0v) is 13.0. The first-order valence-corrected chi connectivity index (χ1v) is 7.80. The van der Waals surface area contributed by atoms with Crippen LogP contribution in [0.15, 0.2) is 58.5 Å². The number of anilines is 2. The molecule has 1 N–H and O–H groups in total. The third kappa shape index (κ3) is 3.23. The van der Waals surface area contributed by atoms with Crippen molar-refractivity contribution in [3.05, 3.63) is 69.6 Å². The van der Waals surface area contributed by atoms with Crippen LogP contribution >= 0.6 is 27.3 Å². The molecule has 3 nitrogen and oxygen atoms in total. The lowest BCUT2D eigenvalue weighted by Crippen LogP contribution is -1.96. The van der Waals surface area contributed by atoms with Crippen LogP contribution in [0.1, 0.15) is 11.1 Å². The Morgan fingerprint density at radius 2 is 1.70 bits per heavy atom. The van der Waals surface area contributed by atoms with Crippen molar-refractivity contribution in [1.29, 1.82) is 0 Å². The largest absolute Gasteiger partial charge is 0.330 e. The molecule has 0 spiro atoms. The summed E-state index contributed by atoms with van der Waals surface area (Å²) in [6.07, 6.45) is 0.893. The van der Waals surface area contributed by atoms with Gasteiger partial charge in [-0.2, -0.15) is 0 Å². The minimum Gasteiger partial charge on any atom is -0.330 e. The highest BCUT2D eigenvalue weighted by Gasteiger charge is 2.06. The number of aromatic nitrogens is 2. The van der Waals surface area contributed by atoms with Crippen molar-refractivity contribution in [3.8, 4) is 0 Å². The van der Waals surface area contributed by atoms with Crippen LogP contribution in [-0.4, -0.2) is 10.2 Å². The van der Waals surface area contributed by atoms with E-state index in [9.17, 15) is 0 Å². The highest BCUT2D eigenvalue weighted by molar-refractivity contribution is 9.11. The first-order valence-electron chi connectivity index (χ1n) is 6.19. The van der Waals surface area contributed by atoms with Gasteiger partial charge in [0.1, 0.15) is 0 Å². The Bertz CT molecular complexity index is 697. The van der Waals surface area contributed by atoms with Crippen LogP contribution in [0.5, 0.6) is 0 Å². The second-order valence-electron chi connectivity index (χ2n) is 4.30. The molecule has 0 aliphatic heterocycles. The average Bonchev–Trinajstić information content (AvgIpc) is 2.88. The molecule has 100 valence electrons. The zero-order chi connectivity index (χ0) is 13.8. The van der Waals surface area contributed by atoms with Crippen LogP contribution in [-0.2, 0) is 6.42 Å². The maximum atomic E-state index is 4.07. The van der Waals surface area contributed by atoms with Crippen molar-refractivity contribution in [3.63, 3.8) is 0 Å². The maximum absolute atomic E-state index is 4.07. The molecule has 0 unspecified atom stereocenters. The fourth-order valence-electron chi connectivity index (χ4n) is 1.98. The van der Waals surface area contributed by atoms with Gasteiger partial charge < -0.3 is 5.32 Å². The van der Waals surface area contributed by atoms with Gasteiger partial charge in [0.25, 0.3) is 0 Å². The Kier molecular flexibility index (Phi) is 4.08. The zero-order valence-electron chi connectivity index (χ0n) is 10.6. The number of rotatable bonds is 4. The second-order valence-corrected chi connectivity index (χ2v) is 6.56. The van der Waals surface area contributed by atoms with Gasteiger partial charge in [0.05, 0.1) is 0 Å². The number of nitrogens with one attached hydrogen (secondary N) is 1. The Balaban J connectivity index is 1.84. The van der Waals surface area contributed by atoms with Crippen molar-refractivity contribution >= 4 is 38.1 Å². The first-order chi connectivity index (χ1) is 9.81. The molecule has 0 saturated heterocycles. The molecular weight excluding hydrogens is 334 g/mol. The fraction of sp³-hybridized carbons (Fsp3) is 0.0667. The second kappa shape index (κ2) is 6.15. The van der Waals surface area contributed by atoms with Gasteiger partial charge in [0.2, 0.25) is 5.13 Å². The maximum Gasteiger partial charge on any atom is 0.210 e. The summed E-state index contributed by atoms with van der Waals surface area (Å²) in [6.45, 7) is 0. The van der Waals surface area contributed by atoms with Crippen molar-refractivity contribution in [1.82, 2.24) is 10.2 Å². The van der Waals surface area contributed by atoms with E-state index in [1.165, 1.54) is 22.5 Å². The van der Waals surface area contributed by atoms with Gasteiger partial charge in [0, 0.05) is 5.69 Å². The Hall–Kier alpha value is -1.72. The molecule has 0 amide bonds. The van der Waals surface area contributed by atoms with Crippen LogP contribution in [0.25, 0.3) is 0 Å². The van der Waals surface area contributed by atoms with Crippen LogP contribution in [0.3, 0.4) is 0 Å². The van der Waals surface area contributed by atoms with E-state index in [2.05, 4.69) is 73.9 Å². The number of hydrogen-bond acceptors (Lipinski definition) is 4. The molecular formula is C15H12BrN3S. The van der Waals surface area contributed by atoms with Crippen LogP contribution in [0, 0.1) is 0 Å². The Labute approximate surface area is 129 Å². The SMILES string of the molecule is Brc1nnc(Nc2ccccc2Cc2ccccc2)s1. The summed E-state index contributed by atoms with van der Waals surface area (Å²) >= 11 is 4.80. The van der Waals surface area contributed by atoms with Gasteiger partial charge in [-0.05, 0) is 39.5 Å². The van der Waals surface area contributed by atoms with Crippen molar-refractivity contribution in [2.24, 2.45) is 0 Å². The third-order valence-electron chi connectivity index (χ3n) is 2.90. The molecule has 0 aliphatic carbocycles. The number of hydrogen-bond donors (Lipinski definition) is 1. The van der Waals surface area contributed by atoms with Gasteiger partial charge in [-0.1, -0.05) is 59.9 Å². The van der Waals surface area contributed by atoms with E-state index in [4.69, 9.17) is 0 Å². The summed E-state index contributed by atoms with van der Waals surface area (Å²) in [4.78, 5) is 0. The lowest BCUT2D eigenvalue weighted by atomic mass is 10.0. The quantitative estimate of drug-likeness (QED) is 0.748. The van der Waals surface area contributed by atoms with Gasteiger partial charge in [-0.15, -0.1) is 10.2 Å². The molecule has 0 bridgehead atoms. The van der Waals surface area contributed by atoms with E-state index in [0.29, 0.717) is 0 Å². The Morgan fingerprint density at radius 3 is 2.45 bits per heavy atom. The minimum absolute atomic E-state index is 0.778. The smallest absolute Gasteiger partial charge is 0.210 e. The molecule has 1 heterocycles. The first kappa shape index (κ1) is 13.3. The number of halogens is 1. The normalized spacial score (nSPS) is 10.4. The molecule has 0 fully saturated rings. The molecule has 20 heavy (non-hydrogen) atoms. The molecule has 3 rings (SSSR count). The molecule has 3 aromatic rings. The molecule has 0 aliphatic rings. The summed E-state index contributed by atoms with van der Waals surface area (Å²) in [5.41, 5.74) is 3.60. The number of para-hydroxylation sites is 1.